The SMILES string of the molecule is CCN1/C(=C(\C#N)c2nc(NC(=O)[C@H]3CSCN3C(=O)O)ncc2C)Nc2ccccc21. The number of aromatic nitrogens is 2. The molecule has 164 valence electrons. The minimum atomic E-state index is -1.15. The number of hydrogen-bond donors (Lipinski definition) is 3. The zero-order chi connectivity index (χ0) is 22.8. The maximum absolute atomic E-state index is 12.7. The first-order valence-electron chi connectivity index (χ1n) is 9.94. The first-order chi connectivity index (χ1) is 15.4. The lowest BCUT2D eigenvalue weighted by molar-refractivity contribution is -0.119. The third kappa shape index (κ3) is 3.80. The number of thioether (sulfide) groups is 1. The summed E-state index contributed by atoms with van der Waals surface area (Å²) in [4.78, 5) is 35.7. The minimum absolute atomic E-state index is 0.0183. The molecule has 1 atom stereocenters. The van der Waals surface area contributed by atoms with Crippen LogP contribution >= 0.6 is 11.8 Å². The summed E-state index contributed by atoms with van der Waals surface area (Å²) >= 11 is 1.36. The van der Waals surface area contributed by atoms with E-state index in [0.717, 1.165) is 16.3 Å². The number of carbonyl (C=O) groups excluding carboxylic acids is 1. The van der Waals surface area contributed by atoms with E-state index in [4.69, 9.17) is 0 Å². The molecule has 2 aliphatic rings. The first kappa shape index (κ1) is 21.5. The summed E-state index contributed by atoms with van der Waals surface area (Å²) in [5, 5.41) is 25.2. The first-order valence-corrected chi connectivity index (χ1v) is 11.1. The second-order valence-electron chi connectivity index (χ2n) is 7.20. The quantitative estimate of drug-likeness (QED) is 0.600. The van der Waals surface area contributed by atoms with E-state index in [-0.39, 0.29) is 11.8 Å². The van der Waals surface area contributed by atoms with E-state index in [9.17, 15) is 20.0 Å². The molecule has 3 heterocycles. The van der Waals surface area contributed by atoms with E-state index in [1.54, 1.807) is 6.92 Å². The Morgan fingerprint density at radius 3 is 2.91 bits per heavy atom. The Labute approximate surface area is 188 Å². The van der Waals surface area contributed by atoms with E-state index < -0.39 is 18.0 Å². The molecule has 1 aromatic carbocycles. The Balaban J connectivity index is 1.67. The van der Waals surface area contributed by atoms with Crippen molar-refractivity contribution in [2.24, 2.45) is 0 Å². The number of allylic oxidation sites excluding steroid dienone is 1. The molecule has 0 spiro atoms. The Hall–Kier alpha value is -3.78. The molecular formula is C21H21N7O3S. The molecule has 2 aliphatic heterocycles. The van der Waals surface area contributed by atoms with Crippen molar-refractivity contribution in [2.75, 3.05) is 33.7 Å². The normalized spacial score (nSPS) is 18.6. The number of para-hydroxylation sites is 2. The van der Waals surface area contributed by atoms with Crippen LogP contribution in [-0.4, -0.2) is 56.2 Å². The van der Waals surface area contributed by atoms with Gasteiger partial charge >= 0.3 is 6.09 Å². The maximum atomic E-state index is 12.7. The predicted molar refractivity (Wildman–Crippen MR) is 122 cm³/mol. The van der Waals surface area contributed by atoms with Gasteiger partial charge in [0.05, 0.1) is 22.9 Å². The number of fused-ring (bicyclic) bond motifs is 1. The van der Waals surface area contributed by atoms with Crippen LogP contribution in [0.1, 0.15) is 18.2 Å². The molecule has 0 bridgehead atoms. The number of nitriles is 1. The summed E-state index contributed by atoms with van der Waals surface area (Å²) in [5.74, 6) is 0.721. The molecule has 1 saturated heterocycles. The lowest BCUT2D eigenvalue weighted by Crippen LogP contribution is -2.44. The molecule has 1 aromatic heterocycles. The highest BCUT2D eigenvalue weighted by molar-refractivity contribution is 7.99. The number of amides is 2. The van der Waals surface area contributed by atoms with Crippen molar-refractivity contribution in [3.63, 3.8) is 0 Å². The molecule has 0 saturated carbocycles. The van der Waals surface area contributed by atoms with E-state index in [1.807, 2.05) is 36.1 Å². The van der Waals surface area contributed by atoms with Crippen molar-refractivity contribution in [2.45, 2.75) is 19.9 Å². The molecule has 3 N–H and O–H groups in total. The van der Waals surface area contributed by atoms with E-state index in [2.05, 4.69) is 26.7 Å². The van der Waals surface area contributed by atoms with Crippen LogP contribution in [-0.2, 0) is 4.79 Å². The largest absolute Gasteiger partial charge is 0.465 e. The number of nitrogens with zero attached hydrogens (tertiary/aromatic N) is 5. The zero-order valence-corrected chi connectivity index (χ0v) is 18.3. The van der Waals surface area contributed by atoms with Crippen molar-refractivity contribution < 1.29 is 14.7 Å². The number of rotatable bonds is 4. The van der Waals surface area contributed by atoms with Crippen LogP contribution < -0.4 is 15.5 Å². The summed E-state index contributed by atoms with van der Waals surface area (Å²) in [6.07, 6.45) is 0.385. The highest BCUT2D eigenvalue weighted by Gasteiger charge is 2.35. The number of hydrogen-bond acceptors (Lipinski definition) is 8. The van der Waals surface area contributed by atoms with Gasteiger partial charge in [0.2, 0.25) is 5.95 Å². The van der Waals surface area contributed by atoms with Crippen LogP contribution in [0.15, 0.2) is 36.3 Å². The van der Waals surface area contributed by atoms with Gasteiger partial charge < -0.3 is 15.3 Å². The van der Waals surface area contributed by atoms with Gasteiger partial charge in [-0.25, -0.2) is 14.8 Å². The average molecular weight is 452 g/mol. The standard InChI is InChI=1S/C21H21N7O3S/c1-3-27-15-7-5-4-6-14(15)24-18(27)13(8-22)17-12(2)9-23-20(25-17)26-19(29)16-10-32-11-28(16)21(30)31/h4-7,9,16,24H,3,10-11H2,1-2H3,(H,30,31)(H,23,25,26,29)/b18-13+/t16-/m1/s1. The molecule has 0 aliphatic carbocycles. The third-order valence-electron chi connectivity index (χ3n) is 5.26. The number of carbonyl (C=O) groups is 2. The minimum Gasteiger partial charge on any atom is -0.465 e. The molecule has 32 heavy (non-hydrogen) atoms. The van der Waals surface area contributed by atoms with Gasteiger partial charge in [-0.3, -0.25) is 15.0 Å². The van der Waals surface area contributed by atoms with Crippen molar-refractivity contribution in [3.8, 4) is 6.07 Å². The summed E-state index contributed by atoms with van der Waals surface area (Å²) in [5.41, 5.74) is 3.24. The molecule has 1 fully saturated rings. The fourth-order valence-electron chi connectivity index (χ4n) is 3.67. The molecular weight excluding hydrogens is 430 g/mol. The second kappa shape index (κ2) is 8.76. The van der Waals surface area contributed by atoms with Gasteiger partial charge in [0, 0.05) is 18.5 Å². The topological polar surface area (TPSA) is 134 Å². The third-order valence-corrected chi connectivity index (χ3v) is 6.27. The molecule has 11 heteroatoms. The Morgan fingerprint density at radius 2 is 2.19 bits per heavy atom. The van der Waals surface area contributed by atoms with Crippen LogP contribution in [0.5, 0.6) is 0 Å². The number of benzene rings is 1. The van der Waals surface area contributed by atoms with Gasteiger partial charge in [-0.2, -0.15) is 5.26 Å². The lowest BCUT2D eigenvalue weighted by Gasteiger charge is -2.20. The van der Waals surface area contributed by atoms with Crippen LogP contribution in [0, 0.1) is 18.3 Å². The van der Waals surface area contributed by atoms with Crippen LogP contribution in [0.25, 0.3) is 5.57 Å². The summed E-state index contributed by atoms with van der Waals surface area (Å²) in [6.45, 7) is 4.42. The van der Waals surface area contributed by atoms with Gasteiger partial charge in [-0.1, -0.05) is 12.1 Å². The van der Waals surface area contributed by atoms with Crippen LogP contribution in [0.3, 0.4) is 0 Å². The summed E-state index contributed by atoms with van der Waals surface area (Å²) in [6, 6.07) is 9.18. The van der Waals surface area contributed by atoms with Crippen molar-refractivity contribution >= 4 is 46.7 Å². The van der Waals surface area contributed by atoms with Crippen molar-refractivity contribution in [1.29, 1.82) is 5.26 Å². The Morgan fingerprint density at radius 1 is 1.41 bits per heavy atom. The summed E-state index contributed by atoms with van der Waals surface area (Å²) < 4.78 is 0. The molecule has 4 rings (SSSR count). The number of nitrogens with one attached hydrogen (secondary N) is 2. The molecule has 0 radical (unpaired) electrons. The van der Waals surface area contributed by atoms with E-state index in [1.165, 1.54) is 18.0 Å². The van der Waals surface area contributed by atoms with Gasteiger partial charge in [-0.15, -0.1) is 11.8 Å². The van der Waals surface area contributed by atoms with E-state index >= 15 is 0 Å². The van der Waals surface area contributed by atoms with Gasteiger partial charge in [0.1, 0.15) is 23.5 Å². The van der Waals surface area contributed by atoms with Gasteiger partial charge in [0.25, 0.3) is 5.91 Å². The predicted octanol–water partition coefficient (Wildman–Crippen LogP) is 2.92. The van der Waals surface area contributed by atoms with Gasteiger partial charge in [-0.05, 0) is 31.5 Å². The second-order valence-corrected chi connectivity index (χ2v) is 8.20. The Bertz CT molecular complexity index is 1160. The molecule has 2 aromatic rings. The zero-order valence-electron chi connectivity index (χ0n) is 17.5. The average Bonchev–Trinajstić information content (AvgIpc) is 3.41. The molecule has 2 amide bonds. The highest BCUT2D eigenvalue weighted by Crippen LogP contribution is 2.38. The van der Waals surface area contributed by atoms with Gasteiger partial charge in [0.15, 0.2) is 0 Å². The fourth-order valence-corrected chi connectivity index (χ4v) is 4.82. The highest BCUT2D eigenvalue weighted by atomic mass is 32.2. The maximum Gasteiger partial charge on any atom is 0.408 e. The fraction of sp³-hybridized carbons (Fsp3) is 0.286. The lowest BCUT2D eigenvalue weighted by atomic mass is 10.1. The smallest absolute Gasteiger partial charge is 0.408 e. The monoisotopic (exact) mass is 451 g/mol. The van der Waals surface area contributed by atoms with E-state index in [0.29, 0.717) is 34.9 Å². The molecule has 10 nitrogen and oxygen atoms in total. The summed E-state index contributed by atoms with van der Waals surface area (Å²) in [7, 11) is 0. The van der Waals surface area contributed by atoms with Crippen LogP contribution in [0.2, 0.25) is 0 Å². The van der Waals surface area contributed by atoms with Crippen molar-refractivity contribution in [3.05, 3.63) is 47.5 Å². The number of carboxylic acid groups (broad SMARTS) is 1. The van der Waals surface area contributed by atoms with Crippen molar-refractivity contribution in [1.82, 2.24) is 14.9 Å². The Kier molecular flexibility index (Phi) is 5.87. The number of anilines is 3. The number of aryl methyl sites for hydroxylation is 1. The van der Waals surface area contributed by atoms with Crippen LogP contribution in [0.4, 0.5) is 22.1 Å². The molecule has 0 unspecified atom stereocenters.